The van der Waals surface area contributed by atoms with E-state index in [0.29, 0.717) is 5.75 Å². The lowest BCUT2D eigenvalue weighted by molar-refractivity contribution is -0.138. The third-order valence-corrected chi connectivity index (χ3v) is 2.41. The first kappa shape index (κ1) is 13.3. The second kappa shape index (κ2) is 5.22. The molecule has 0 aliphatic carbocycles. The molecule has 2 aromatic carbocycles. The van der Waals surface area contributed by atoms with Crippen LogP contribution in [0.15, 0.2) is 42.5 Å². The lowest BCUT2D eigenvalue weighted by Crippen LogP contribution is -2.07. The maximum Gasteiger partial charge on any atom is 0.420 e. The molecular formula is C14H10F3O2. The fraction of sp³-hybridized carbons (Fsp3) is 0.143. The molecule has 2 rings (SSSR count). The Bertz CT molecular complexity index is 550. The number of halogens is 3. The van der Waals surface area contributed by atoms with Gasteiger partial charge in [-0.2, -0.15) is 13.2 Å². The van der Waals surface area contributed by atoms with Gasteiger partial charge in [-0.1, -0.05) is 12.1 Å². The minimum atomic E-state index is -4.51. The van der Waals surface area contributed by atoms with Crippen LogP contribution >= 0.6 is 0 Å². The molecule has 2 nitrogen and oxygen atoms in total. The smallest absolute Gasteiger partial charge is 0.420 e. The number of ether oxygens (including phenoxy) is 2. The van der Waals surface area contributed by atoms with Gasteiger partial charge in [0, 0.05) is 0 Å². The minimum Gasteiger partial charge on any atom is -0.497 e. The summed E-state index contributed by atoms with van der Waals surface area (Å²) >= 11 is 0. The first-order chi connectivity index (χ1) is 9.00. The van der Waals surface area contributed by atoms with Gasteiger partial charge in [-0.25, -0.2) is 0 Å². The zero-order chi connectivity index (χ0) is 13.9. The number of hydrogen-bond acceptors (Lipinski definition) is 2. The molecule has 0 bridgehead atoms. The summed E-state index contributed by atoms with van der Waals surface area (Å²) in [6.07, 6.45) is -4.51. The Hall–Kier alpha value is -2.17. The molecule has 0 aliphatic heterocycles. The van der Waals surface area contributed by atoms with E-state index in [1.807, 2.05) is 0 Å². The summed E-state index contributed by atoms with van der Waals surface area (Å²) in [5.41, 5.74) is -0.875. The standard InChI is InChI=1S/C14H10F3O2/c1-18-11-7-8-13(12(9-11)14(15,16)17)19-10-5-3-2-4-6-10/h3-9H,1H3. The fourth-order valence-electron chi connectivity index (χ4n) is 1.51. The molecule has 5 heteroatoms. The van der Waals surface area contributed by atoms with E-state index in [2.05, 4.69) is 6.07 Å². The van der Waals surface area contributed by atoms with E-state index < -0.39 is 11.7 Å². The number of methoxy groups -OCH3 is 1. The second-order valence-corrected chi connectivity index (χ2v) is 3.70. The Morgan fingerprint density at radius 2 is 1.68 bits per heavy atom. The van der Waals surface area contributed by atoms with Crippen LogP contribution in [-0.4, -0.2) is 7.11 Å². The highest BCUT2D eigenvalue weighted by atomic mass is 19.4. The molecule has 0 spiro atoms. The molecule has 0 saturated carbocycles. The van der Waals surface area contributed by atoms with Gasteiger partial charge >= 0.3 is 6.18 Å². The first-order valence-electron chi connectivity index (χ1n) is 5.40. The molecule has 0 heterocycles. The highest BCUT2D eigenvalue weighted by Crippen LogP contribution is 2.39. The molecule has 0 unspecified atom stereocenters. The lowest BCUT2D eigenvalue weighted by Gasteiger charge is -2.14. The van der Waals surface area contributed by atoms with E-state index in [1.165, 1.54) is 31.4 Å². The van der Waals surface area contributed by atoms with Crippen LogP contribution in [-0.2, 0) is 6.18 Å². The maximum absolute atomic E-state index is 12.9. The number of alkyl halides is 3. The van der Waals surface area contributed by atoms with Gasteiger partial charge in [0.25, 0.3) is 0 Å². The van der Waals surface area contributed by atoms with Crippen LogP contribution < -0.4 is 9.47 Å². The first-order valence-corrected chi connectivity index (χ1v) is 5.40. The Kier molecular flexibility index (Phi) is 3.64. The highest BCUT2D eigenvalue weighted by Gasteiger charge is 2.35. The van der Waals surface area contributed by atoms with E-state index in [4.69, 9.17) is 9.47 Å². The third kappa shape index (κ3) is 3.19. The number of hydrogen-bond donors (Lipinski definition) is 0. The number of benzene rings is 2. The molecule has 0 aromatic heterocycles. The van der Waals surface area contributed by atoms with E-state index in [1.54, 1.807) is 12.1 Å². The molecule has 99 valence electrons. The van der Waals surface area contributed by atoms with Gasteiger partial charge in [-0.3, -0.25) is 0 Å². The summed E-state index contributed by atoms with van der Waals surface area (Å²) in [6, 6.07) is 12.5. The van der Waals surface area contributed by atoms with Crippen molar-refractivity contribution >= 4 is 0 Å². The zero-order valence-corrected chi connectivity index (χ0v) is 9.99. The minimum absolute atomic E-state index is 0.126. The van der Waals surface area contributed by atoms with Crippen molar-refractivity contribution in [1.82, 2.24) is 0 Å². The monoisotopic (exact) mass is 267 g/mol. The van der Waals surface area contributed by atoms with Crippen molar-refractivity contribution in [3.63, 3.8) is 0 Å². The molecule has 2 aromatic rings. The van der Waals surface area contributed by atoms with Gasteiger partial charge in [0.05, 0.1) is 7.11 Å². The molecule has 1 radical (unpaired) electrons. The van der Waals surface area contributed by atoms with E-state index in [-0.39, 0.29) is 11.5 Å². The SMILES string of the molecule is COc1ccc(Oc2cc[c]cc2)c(C(F)(F)F)c1. The van der Waals surface area contributed by atoms with Crippen molar-refractivity contribution in [2.45, 2.75) is 6.18 Å². The van der Waals surface area contributed by atoms with Gasteiger partial charge < -0.3 is 9.47 Å². The van der Waals surface area contributed by atoms with Crippen molar-refractivity contribution in [1.29, 1.82) is 0 Å². The van der Waals surface area contributed by atoms with Crippen LogP contribution in [0.5, 0.6) is 17.2 Å². The fourth-order valence-corrected chi connectivity index (χ4v) is 1.51. The van der Waals surface area contributed by atoms with Gasteiger partial charge in [0.15, 0.2) is 0 Å². The quantitative estimate of drug-likeness (QED) is 0.825. The van der Waals surface area contributed by atoms with Crippen molar-refractivity contribution in [2.24, 2.45) is 0 Å². The third-order valence-electron chi connectivity index (χ3n) is 2.41. The number of rotatable bonds is 3. The van der Waals surface area contributed by atoms with Crippen LogP contribution in [0.25, 0.3) is 0 Å². The van der Waals surface area contributed by atoms with Gasteiger partial charge in [0.2, 0.25) is 0 Å². The summed E-state index contributed by atoms with van der Waals surface area (Å²) in [5, 5.41) is 0. The molecule has 0 N–H and O–H groups in total. The topological polar surface area (TPSA) is 18.5 Å². The second-order valence-electron chi connectivity index (χ2n) is 3.70. The van der Waals surface area contributed by atoms with Gasteiger partial charge in [-0.05, 0) is 36.4 Å². The van der Waals surface area contributed by atoms with Crippen molar-refractivity contribution in [2.75, 3.05) is 7.11 Å². The highest BCUT2D eigenvalue weighted by molar-refractivity contribution is 5.44. The largest absolute Gasteiger partial charge is 0.497 e. The zero-order valence-electron chi connectivity index (χ0n) is 9.99. The van der Waals surface area contributed by atoms with Gasteiger partial charge in [0.1, 0.15) is 22.8 Å². The van der Waals surface area contributed by atoms with E-state index in [0.717, 1.165) is 6.07 Å². The van der Waals surface area contributed by atoms with Gasteiger partial charge in [-0.15, -0.1) is 0 Å². The molecular weight excluding hydrogens is 257 g/mol. The molecule has 19 heavy (non-hydrogen) atoms. The Morgan fingerprint density at radius 1 is 1.00 bits per heavy atom. The van der Waals surface area contributed by atoms with E-state index >= 15 is 0 Å². The lowest BCUT2D eigenvalue weighted by atomic mass is 10.2. The molecule has 0 fully saturated rings. The summed E-state index contributed by atoms with van der Waals surface area (Å²) < 4.78 is 48.8. The predicted octanol–water partition coefficient (Wildman–Crippen LogP) is 4.31. The Balaban J connectivity index is 2.40. The Labute approximate surface area is 108 Å². The van der Waals surface area contributed by atoms with Crippen LogP contribution in [0.3, 0.4) is 0 Å². The summed E-state index contributed by atoms with van der Waals surface area (Å²) in [5.74, 6) is 0.176. The summed E-state index contributed by atoms with van der Waals surface area (Å²) in [6.45, 7) is 0. The van der Waals surface area contributed by atoms with Crippen molar-refractivity contribution < 1.29 is 22.6 Å². The average Bonchev–Trinajstić information content (AvgIpc) is 2.39. The van der Waals surface area contributed by atoms with Crippen molar-refractivity contribution in [3.8, 4) is 17.2 Å². The molecule has 0 amide bonds. The van der Waals surface area contributed by atoms with Crippen LogP contribution in [0.1, 0.15) is 5.56 Å². The Morgan fingerprint density at radius 3 is 2.26 bits per heavy atom. The van der Waals surface area contributed by atoms with Crippen molar-refractivity contribution in [3.05, 3.63) is 54.1 Å². The summed E-state index contributed by atoms with van der Waals surface area (Å²) in [4.78, 5) is 0. The molecule has 0 aliphatic rings. The van der Waals surface area contributed by atoms with Crippen LogP contribution in [0.2, 0.25) is 0 Å². The average molecular weight is 267 g/mol. The van der Waals surface area contributed by atoms with E-state index in [9.17, 15) is 13.2 Å². The predicted molar refractivity (Wildman–Crippen MR) is 63.3 cm³/mol. The molecule has 0 atom stereocenters. The maximum atomic E-state index is 12.9. The van der Waals surface area contributed by atoms with Crippen LogP contribution in [0, 0.1) is 6.07 Å². The summed E-state index contributed by atoms with van der Waals surface area (Å²) in [7, 11) is 1.31. The normalized spacial score (nSPS) is 11.2. The molecule has 0 saturated heterocycles. The van der Waals surface area contributed by atoms with Crippen LogP contribution in [0.4, 0.5) is 13.2 Å².